The molecule has 0 saturated carbocycles. The number of rotatable bonds is 9. The molecule has 0 saturated heterocycles. The fourth-order valence-electron chi connectivity index (χ4n) is 2.54. The Morgan fingerprint density at radius 1 is 1.03 bits per heavy atom. The number of thiocarbonyl (C=S) groups is 1. The number of aryl methyl sites for hydroxylation is 1. The standard InChI is InChI=1S/C22H27N3O4S/c1-4-20(26)24-18-14-16(11-10-15(18)3)23-22(30)25-21(27)17-8-6-7-9-19(17)29-13-12-28-5-2/h6-11,14H,4-5,12-13H2,1-3H3,(H,24,26)(H2,23,25,27,30). The van der Waals surface area contributed by atoms with E-state index in [9.17, 15) is 9.59 Å². The molecule has 30 heavy (non-hydrogen) atoms. The summed E-state index contributed by atoms with van der Waals surface area (Å²) >= 11 is 5.27. The van der Waals surface area contributed by atoms with E-state index in [2.05, 4.69) is 16.0 Å². The maximum Gasteiger partial charge on any atom is 0.261 e. The molecule has 0 bridgehead atoms. The lowest BCUT2D eigenvalue weighted by Gasteiger charge is -2.14. The molecule has 8 heteroatoms. The fourth-order valence-corrected chi connectivity index (χ4v) is 2.75. The minimum Gasteiger partial charge on any atom is -0.490 e. The molecule has 0 aliphatic heterocycles. The monoisotopic (exact) mass is 429 g/mol. The van der Waals surface area contributed by atoms with Crippen molar-refractivity contribution >= 4 is 40.5 Å². The van der Waals surface area contributed by atoms with Crippen LogP contribution in [0.25, 0.3) is 0 Å². The maximum atomic E-state index is 12.7. The van der Waals surface area contributed by atoms with Crippen LogP contribution in [0.1, 0.15) is 36.2 Å². The normalized spacial score (nSPS) is 10.2. The number of hydrogen-bond donors (Lipinski definition) is 3. The first-order chi connectivity index (χ1) is 14.4. The molecule has 0 radical (unpaired) electrons. The number of amides is 2. The highest BCUT2D eigenvalue weighted by molar-refractivity contribution is 7.80. The highest BCUT2D eigenvalue weighted by Crippen LogP contribution is 2.21. The Morgan fingerprint density at radius 3 is 2.53 bits per heavy atom. The zero-order valence-corrected chi connectivity index (χ0v) is 18.2. The first kappa shape index (κ1) is 23.3. The zero-order valence-electron chi connectivity index (χ0n) is 17.4. The third kappa shape index (κ3) is 7.13. The van der Waals surface area contributed by atoms with Gasteiger partial charge in [-0.25, -0.2) is 0 Å². The Balaban J connectivity index is 2.01. The van der Waals surface area contributed by atoms with Crippen LogP contribution >= 0.6 is 12.2 Å². The highest BCUT2D eigenvalue weighted by Gasteiger charge is 2.14. The van der Waals surface area contributed by atoms with Crippen LogP contribution < -0.4 is 20.7 Å². The Morgan fingerprint density at radius 2 is 1.80 bits per heavy atom. The molecule has 3 N–H and O–H groups in total. The van der Waals surface area contributed by atoms with Crippen LogP contribution in [0.15, 0.2) is 42.5 Å². The van der Waals surface area contributed by atoms with Crippen molar-refractivity contribution in [3.63, 3.8) is 0 Å². The summed E-state index contributed by atoms with van der Waals surface area (Å²) in [6.07, 6.45) is 0.387. The van der Waals surface area contributed by atoms with Gasteiger partial charge in [0.25, 0.3) is 5.91 Å². The first-order valence-corrected chi connectivity index (χ1v) is 10.2. The van der Waals surface area contributed by atoms with Crippen molar-refractivity contribution in [3.8, 4) is 5.75 Å². The number of para-hydroxylation sites is 1. The number of nitrogens with one attached hydrogen (secondary N) is 3. The number of anilines is 2. The van der Waals surface area contributed by atoms with E-state index < -0.39 is 0 Å². The topological polar surface area (TPSA) is 88.7 Å². The number of hydrogen-bond acceptors (Lipinski definition) is 5. The first-order valence-electron chi connectivity index (χ1n) is 9.77. The predicted molar refractivity (Wildman–Crippen MR) is 122 cm³/mol. The van der Waals surface area contributed by atoms with E-state index in [-0.39, 0.29) is 16.9 Å². The van der Waals surface area contributed by atoms with Crippen molar-refractivity contribution in [1.82, 2.24) is 5.32 Å². The molecule has 0 fully saturated rings. The lowest BCUT2D eigenvalue weighted by molar-refractivity contribution is -0.115. The smallest absolute Gasteiger partial charge is 0.261 e. The van der Waals surface area contributed by atoms with Gasteiger partial charge in [-0.05, 0) is 55.9 Å². The lowest BCUT2D eigenvalue weighted by atomic mass is 10.1. The zero-order chi connectivity index (χ0) is 21.9. The molecule has 0 spiro atoms. The van der Waals surface area contributed by atoms with E-state index >= 15 is 0 Å². The number of carbonyl (C=O) groups is 2. The average Bonchev–Trinajstić information content (AvgIpc) is 2.73. The Hall–Kier alpha value is -2.97. The van der Waals surface area contributed by atoms with Crippen molar-refractivity contribution in [2.24, 2.45) is 0 Å². The van der Waals surface area contributed by atoms with Gasteiger partial charge in [0.2, 0.25) is 5.91 Å². The van der Waals surface area contributed by atoms with E-state index in [4.69, 9.17) is 21.7 Å². The largest absolute Gasteiger partial charge is 0.490 e. The summed E-state index contributed by atoms with van der Waals surface area (Å²) in [5.41, 5.74) is 2.64. The third-order valence-electron chi connectivity index (χ3n) is 4.14. The summed E-state index contributed by atoms with van der Waals surface area (Å²) in [7, 11) is 0. The van der Waals surface area contributed by atoms with Crippen LogP contribution in [0.5, 0.6) is 5.75 Å². The molecule has 2 aromatic carbocycles. The SMILES string of the molecule is CCOCCOc1ccccc1C(=O)NC(=S)Nc1ccc(C)c(NC(=O)CC)c1. The summed E-state index contributed by atoms with van der Waals surface area (Å²) in [6, 6.07) is 12.4. The predicted octanol–water partition coefficient (Wildman–Crippen LogP) is 3.89. The van der Waals surface area contributed by atoms with Crippen molar-refractivity contribution in [2.75, 3.05) is 30.5 Å². The van der Waals surface area contributed by atoms with Gasteiger partial charge >= 0.3 is 0 Å². The van der Waals surface area contributed by atoms with Gasteiger partial charge in [-0.1, -0.05) is 25.1 Å². The Labute approximate surface area is 182 Å². The molecule has 2 aromatic rings. The van der Waals surface area contributed by atoms with Crippen LogP contribution in [0.3, 0.4) is 0 Å². The summed E-state index contributed by atoms with van der Waals surface area (Å²) in [6.45, 7) is 6.99. The van der Waals surface area contributed by atoms with Crippen LogP contribution in [0, 0.1) is 6.92 Å². The molecule has 0 heterocycles. The van der Waals surface area contributed by atoms with Gasteiger partial charge in [0.1, 0.15) is 12.4 Å². The molecule has 0 unspecified atom stereocenters. The molecule has 2 amide bonds. The second kappa shape index (κ2) is 11.9. The van der Waals surface area contributed by atoms with Crippen LogP contribution in [0.4, 0.5) is 11.4 Å². The van der Waals surface area contributed by atoms with Gasteiger partial charge in [0, 0.05) is 24.4 Å². The Bertz CT molecular complexity index is 902. The molecular formula is C22H27N3O4S. The molecule has 0 aliphatic carbocycles. The van der Waals surface area contributed by atoms with Crippen molar-refractivity contribution < 1.29 is 19.1 Å². The third-order valence-corrected chi connectivity index (χ3v) is 4.34. The summed E-state index contributed by atoms with van der Waals surface area (Å²) in [4.78, 5) is 24.3. The second-order valence-electron chi connectivity index (χ2n) is 6.38. The van der Waals surface area contributed by atoms with Crippen LogP contribution in [-0.4, -0.2) is 36.7 Å². The summed E-state index contributed by atoms with van der Waals surface area (Å²) < 4.78 is 10.9. The van der Waals surface area contributed by atoms with Crippen LogP contribution in [0.2, 0.25) is 0 Å². The highest BCUT2D eigenvalue weighted by atomic mass is 32.1. The molecular weight excluding hydrogens is 402 g/mol. The molecule has 0 aliphatic rings. The van der Waals surface area contributed by atoms with Gasteiger partial charge in [0.05, 0.1) is 12.2 Å². The lowest BCUT2D eigenvalue weighted by Crippen LogP contribution is -2.34. The molecule has 0 atom stereocenters. The van der Waals surface area contributed by atoms with E-state index in [0.29, 0.717) is 48.9 Å². The van der Waals surface area contributed by atoms with Gasteiger partial charge in [-0.3, -0.25) is 14.9 Å². The summed E-state index contributed by atoms with van der Waals surface area (Å²) in [5, 5.41) is 8.60. The second-order valence-corrected chi connectivity index (χ2v) is 6.79. The Kier molecular flexibility index (Phi) is 9.24. The number of carbonyl (C=O) groups excluding carboxylic acids is 2. The van der Waals surface area contributed by atoms with E-state index in [1.165, 1.54) is 0 Å². The number of ether oxygens (including phenoxy) is 2. The molecule has 7 nitrogen and oxygen atoms in total. The van der Waals surface area contributed by atoms with Crippen molar-refractivity contribution in [3.05, 3.63) is 53.6 Å². The van der Waals surface area contributed by atoms with Crippen molar-refractivity contribution in [2.45, 2.75) is 27.2 Å². The molecule has 160 valence electrons. The summed E-state index contributed by atoms with van der Waals surface area (Å²) in [5.74, 6) is -0.00407. The molecule has 2 rings (SSSR count). The minimum atomic E-state index is -0.383. The quantitative estimate of drug-likeness (QED) is 0.414. The maximum absolute atomic E-state index is 12.7. The van der Waals surface area contributed by atoms with Gasteiger partial charge in [-0.2, -0.15) is 0 Å². The minimum absolute atomic E-state index is 0.0768. The number of benzene rings is 2. The van der Waals surface area contributed by atoms with E-state index in [1.54, 1.807) is 37.3 Å². The van der Waals surface area contributed by atoms with Gasteiger partial charge in [0.15, 0.2) is 5.11 Å². The van der Waals surface area contributed by atoms with E-state index in [0.717, 1.165) is 5.56 Å². The van der Waals surface area contributed by atoms with Gasteiger partial charge in [-0.15, -0.1) is 0 Å². The van der Waals surface area contributed by atoms with Crippen LogP contribution in [-0.2, 0) is 9.53 Å². The average molecular weight is 430 g/mol. The van der Waals surface area contributed by atoms with Crippen molar-refractivity contribution in [1.29, 1.82) is 0 Å². The van der Waals surface area contributed by atoms with Gasteiger partial charge < -0.3 is 20.1 Å². The fraction of sp³-hybridized carbons (Fsp3) is 0.318. The van der Waals surface area contributed by atoms with E-state index in [1.807, 2.05) is 26.0 Å². The molecule has 0 aromatic heterocycles.